The van der Waals surface area contributed by atoms with Crippen molar-refractivity contribution >= 4 is 18.0 Å². The lowest BCUT2D eigenvalue weighted by Gasteiger charge is -2.05. The van der Waals surface area contributed by atoms with Crippen LogP contribution in [0.4, 0.5) is 0 Å². The molecule has 0 bridgehead atoms. The quantitative estimate of drug-likeness (QED) is 0.794. The van der Waals surface area contributed by atoms with Crippen LogP contribution in [0.2, 0.25) is 0 Å². The molecule has 0 aliphatic carbocycles. The van der Waals surface area contributed by atoms with Crippen LogP contribution in [0.1, 0.15) is 21.7 Å². The van der Waals surface area contributed by atoms with Crippen LogP contribution >= 0.6 is 0 Å². The third-order valence-corrected chi connectivity index (χ3v) is 2.66. The fourth-order valence-corrected chi connectivity index (χ4v) is 1.72. The molecular weight excluding hydrogens is 272 g/mol. The van der Waals surface area contributed by atoms with Crippen LogP contribution in [0.15, 0.2) is 36.7 Å². The maximum atomic E-state index is 12.1. The fraction of sp³-hybridized carbons (Fsp3) is 0.143. The van der Waals surface area contributed by atoms with E-state index in [0.29, 0.717) is 5.56 Å². The first-order valence-electron chi connectivity index (χ1n) is 6.19. The Morgan fingerprint density at radius 2 is 2.24 bits per heavy atom. The van der Waals surface area contributed by atoms with E-state index in [0.717, 1.165) is 11.8 Å². The normalized spacial score (nSPS) is 10.7. The minimum Gasteiger partial charge on any atom is -0.478 e. The van der Waals surface area contributed by atoms with Crippen molar-refractivity contribution in [3.05, 3.63) is 53.6 Å². The van der Waals surface area contributed by atoms with Crippen LogP contribution in [-0.4, -0.2) is 31.7 Å². The van der Waals surface area contributed by atoms with Crippen LogP contribution in [0.5, 0.6) is 0 Å². The molecule has 0 saturated carbocycles. The number of hydrogen-bond acceptors (Lipinski definition) is 4. The van der Waals surface area contributed by atoms with Gasteiger partial charge in [-0.05, 0) is 18.2 Å². The van der Waals surface area contributed by atoms with E-state index in [9.17, 15) is 9.59 Å². The molecule has 108 valence electrons. The van der Waals surface area contributed by atoms with E-state index in [-0.39, 0.29) is 18.1 Å². The Bertz CT molecular complexity index is 691. The van der Waals surface area contributed by atoms with Gasteiger partial charge in [0, 0.05) is 31.1 Å². The van der Waals surface area contributed by atoms with Crippen molar-refractivity contribution in [1.82, 2.24) is 20.1 Å². The number of carboxylic acids is 1. The van der Waals surface area contributed by atoms with E-state index in [1.807, 2.05) is 0 Å². The second-order valence-corrected chi connectivity index (χ2v) is 4.28. The molecule has 0 aliphatic heterocycles. The monoisotopic (exact) mass is 286 g/mol. The lowest BCUT2D eigenvalue weighted by atomic mass is 10.1. The number of rotatable bonds is 5. The first-order chi connectivity index (χ1) is 10.1. The van der Waals surface area contributed by atoms with Crippen LogP contribution in [0.3, 0.4) is 0 Å². The second kappa shape index (κ2) is 6.47. The first-order valence-corrected chi connectivity index (χ1v) is 6.19. The molecule has 2 rings (SSSR count). The van der Waals surface area contributed by atoms with Crippen LogP contribution in [0, 0.1) is 0 Å². The van der Waals surface area contributed by atoms with Crippen LogP contribution in [0.25, 0.3) is 6.08 Å². The van der Waals surface area contributed by atoms with Gasteiger partial charge in [0.1, 0.15) is 5.69 Å². The Labute approximate surface area is 120 Å². The van der Waals surface area contributed by atoms with E-state index >= 15 is 0 Å². The third-order valence-electron chi connectivity index (χ3n) is 2.66. The van der Waals surface area contributed by atoms with Gasteiger partial charge in [-0.15, -0.1) is 0 Å². The van der Waals surface area contributed by atoms with Crippen LogP contribution in [-0.2, 0) is 18.4 Å². The summed E-state index contributed by atoms with van der Waals surface area (Å²) >= 11 is 0. The maximum Gasteiger partial charge on any atom is 0.328 e. The van der Waals surface area contributed by atoms with Gasteiger partial charge in [0.15, 0.2) is 0 Å². The summed E-state index contributed by atoms with van der Waals surface area (Å²) in [5, 5.41) is 15.5. The Kier molecular flexibility index (Phi) is 4.45. The van der Waals surface area contributed by atoms with Crippen molar-refractivity contribution < 1.29 is 14.7 Å². The highest BCUT2D eigenvalue weighted by Crippen LogP contribution is 2.08. The van der Waals surface area contributed by atoms with Crippen molar-refractivity contribution in [3.8, 4) is 0 Å². The molecule has 7 heteroatoms. The molecule has 0 aromatic carbocycles. The molecule has 1 amide bonds. The maximum absolute atomic E-state index is 12.1. The summed E-state index contributed by atoms with van der Waals surface area (Å²) in [5.41, 5.74) is 1.34. The Balaban J connectivity index is 2.10. The van der Waals surface area contributed by atoms with Crippen molar-refractivity contribution in [2.24, 2.45) is 7.05 Å². The third kappa shape index (κ3) is 4.00. The lowest BCUT2D eigenvalue weighted by Crippen LogP contribution is -2.25. The van der Waals surface area contributed by atoms with Gasteiger partial charge in [-0.25, -0.2) is 4.79 Å². The van der Waals surface area contributed by atoms with Gasteiger partial charge in [-0.2, -0.15) is 5.10 Å². The number of pyridine rings is 1. The summed E-state index contributed by atoms with van der Waals surface area (Å²) in [6.45, 7) is 0.276. The van der Waals surface area contributed by atoms with E-state index < -0.39 is 5.97 Å². The van der Waals surface area contributed by atoms with Gasteiger partial charge in [-0.1, -0.05) is 6.07 Å². The first kappa shape index (κ1) is 14.4. The van der Waals surface area contributed by atoms with E-state index in [1.165, 1.54) is 12.3 Å². The number of hydrogen-bond donors (Lipinski definition) is 2. The van der Waals surface area contributed by atoms with Gasteiger partial charge in [0.05, 0.1) is 12.2 Å². The van der Waals surface area contributed by atoms with Crippen molar-refractivity contribution in [3.63, 3.8) is 0 Å². The van der Waals surface area contributed by atoms with Crippen molar-refractivity contribution in [2.75, 3.05) is 0 Å². The van der Waals surface area contributed by atoms with E-state index in [4.69, 9.17) is 5.11 Å². The zero-order chi connectivity index (χ0) is 15.2. The molecule has 2 aromatic heterocycles. The van der Waals surface area contributed by atoms with Gasteiger partial charge in [0.2, 0.25) is 0 Å². The number of aromatic nitrogens is 3. The molecule has 0 fully saturated rings. The number of aliphatic carboxylic acids is 1. The molecule has 0 aliphatic rings. The predicted octanol–water partition coefficient (Wildman–Crippen LogP) is 0.843. The number of nitrogens with zero attached hydrogens (tertiary/aromatic N) is 3. The molecule has 0 unspecified atom stereocenters. The van der Waals surface area contributed by atoms with Gasteiger partial charge >= 0.3 is 5.97 Å². The number of amides is 1. The fourth-order valence-electron chi connectivity index (χ4n) is 1.72. The molecule has 7 nitrogen and oxygen atoms in total. The number of carbonyl (C=O) groups is 2. The van der Waals surface area contributed by atoms with Gasteiger partial charge in [-0.3, -0.25) is 14.5 Å². The lowest BCUT2D eigenvalue weighted by molar-refractivity contribution is -0.131. The Morgan fingerprint density at radius 1 is 1.43 bits per heavy atom. The summed E-state index contributed by atoms with van der Waals surface area (Å²) in [7, 11) is 1.79. The highest BCUT2D eigenvalue weighted by Gasteiger charge is 2.11. The minimum absolute atomic E-state index is 0.172. The van der Waals surface area contributed by atoms with Crippen molar-refractivity contribution in [1.29, 1.82) is 0 Å². The molecule has 0 spiro atoms. The largest absolute Gasteiger partial charge is 0.478 e. The number of aryl methyl sites for hydroxylation is 1. The summed E-state index contributed by atoms with van der Waals surface area (Å²) < 4.78 is 1.64. The second-order valence-electron chi connectivity index (χ2n) is 4.28. The van der Waals surface area contributed by atoms with Gasteiger partial charge < -0.3 is 10.4 Å². The smallest absolute Gasteiger partial charge is 0.328 e. The number of carboxylic acid groups (broad SMARTS) is 1. The predicted molar refractivity (Wildman–Crippen MR) is 75.3 cm³/mol. The minimum atomic E-state index is -1.08. The zero-order valence-corrected chi connectivity index (χ0v) is 11.4. The average molecular weight is 286 g/mol. The summed E-state index contributed by atoms with van der Waals surface area (Å²) in [6, 6.07) is 5.06. The molecule has 2 heterocycles. The summed E-state index contributed by atoms with van der Waals surface area (Å²) in [4.78, 5) is 26.6. The van der Waals surface area contributed by atoms with Gasteiger partial charge in [0.25, 0.3) is 5.91 Å². The zero-order valence-electron chi connectivity index (χ0n) is 11.4. The molecule has 21 heavy (non-hydrogen) atoms. The van der Waals surface area contributed by atoms with Crippen molar-refractivity contribution in [2.45, 2.75) is 6.54 Å². The highest BCUT2D eigenvalue weighted by atomic mass is 16.4. The highest BCUT2D eigenvalue weighted by molar-refractivity contribution is 5.97. The van der Waals surface area contributed by atoms with Crippen LogP contribution < -0.4 is 5.32 Å². The molecule has 0 radical (unpaired) electrons. The Hall–Kier alpha value is -2.96. The standard InChI is InChI=1S/C14H14N4O3/c1-18-8-6-11(17-18)9-16-14(21)13-10(3-2-7-15-13)4-5-12(19)20/h2-8H,9H2,1H3,(H,16,21)(H,19,20)/b5-4+. The summed E-state index contributed by atoms with van der Waals surface area (Å²) in [5.74, 6) is -1.47. The molecule has 0 saturated heterocycles. The molecule has 2 aromatic rings. The number of carbonyl (C=O) groups excluding carboxylic acids is 1. The average Bonchev–Trinajstić information content (AvgIpc) is 2.88. The Morgan fingerprint density at radius 3 is 2.90 bits per heavy atom. The summed E-state index contributed by atoms with van der Waals surface area (Å²) in [6.07, 6.45) is 5.56. The van der Waals surface area contributed by atoms with E-state index in [1.54, 1.807) is 36.1 Å². The topological polar surface area (TPSA) is 97.1 Å². The van der Waals surface area contributed by atoms with E-state index in [2.05, 4.69) is 15.4 Å². The molecule has 0 atom stereocenters. The molecule has 2 N–H and O–H groups in total. The molecular formula is C14H14N4O3. The number of nitrogens with one attached hydrogen (secondary N) is 1. The SMILES string of the molecule is Cn1ccc(CNC(=O)c2ncccc2/C=C/C(=O)O)n1.